The molecule has 135 heavy (non-hydrogen) atoms. The molecule has 7 aliphatic rings. The number of hydrogen-bond acceptors (Lipinski definition) is 53. The predicted octanol–water partition coefficient (Wildman–Crippen LogP) is 1.38. The molecule has 6 heterocycles. The van der Waals surface area contributed by atoms with Crippen LogP contribution in [0.5, 0.6) is 167 Å². The number of esters is 10. The Morgan fingerprint density at radius 2 is 0.748 bits per heavy atom. The number of carbonyl (C=O) groups excluding carboxylic acids is 11. The van der Waals surface area contributed by atoms with E-state index in [9.17, 15) is 162 Å². The molecule has 2 fully saturated rings. The second-order valence-corrected chi connectivity index (χ2v) is 29.8. The Hall–Kier alpha value is -18.5. The zero-order valence-electron chi connectivity index (χ0n) is 66.0. The highest BCUT2D eigenvalue weighted by molar-refractivity contribution is 6.11. The van der Waals surface area contributed by atoms with Gasteiger partial charge in [-0.05, 0) is 66.7 Å². The van der Waals surface area contributed by atoms with Crippen molar-refractivity contribution in [1.29, 1.82) is 0 Å². The van der Waals surface area contributed by atoms with Gasteiger partial charge in [0.15, 0.2) is 151 Å². The predicted molar refractivity (Wildman–Crippen MR) is 410 cm³/mol. The first kappa shape index (κ1) is 89.9. The Morgan fingerprint density at radius 3 is 1.27 bits per heavy atom. The van der Waals surface area contributed by atoms with Gasteiger partial charge in [-0.1, -0.05) is 0 Å². The van der Waals surface area contributed by atoms with Crippen LogP contribution in [0.3, 0.4) is 0 Å². The summed E-state index contributed by atoms with van der Waals surface area (Å²) in [4.78, 5) is 165. The average molecular weight is 1890 g/mol. The van der Waals surface area contributed by atoms with E-state index in [0.29, 0.717) is 48.5 Å². The summed E-state index contributed by atoms with van der Waals surface area (Å²) >= 11 is 0. The van der Waals surface area contributed by atoms with Crippen molar-refractivity contribution >= 4 is 65.5 Å². The van der Waals surface area contributed by atoms with Gasteiger partial charge in [-0.15, -0.1) is 0 Å². The molecule has 0 amide bonds. The van der Waals surface area contributed by atoms with Crippen LogP contribution in [0.25, 0.3) is 11.1 Å². The SMILES string of the molecule is O=C1O[C@H]2[C@@H]3OC(=O)c4cc(O)c(O)c(O)c4-c4c(cc5c(c4O)Oc4c(cc(O)c(O)c4O)C(=O)O[C@@H]4O[C@H](COC(=O)c6cc(O)c(O)c(O)c6)[C@@H](OC(=O)c6cc(O)c(O)c(O)c6)[C@H](OC(=O)c6cc(O)c(O)c(O)c6)[C@H]4OC(=O)c4cc(O)c(O)c(O)c4O5)C(=O)OC[C@H]2O[C@@H](OC(=O)c2cc(O)c(O)c(O)c2)[C@@H]3OC(=O)c2cc(O)c(O)c3c2[C@@H]2C1=CC(=O)[C@](O)(O3)C2(O)O. The van der Waals surface area contributed by atoms with Gasteiger partial charge in [0, 0.05) is 34.9 Å². The van der Waals surface area contributed by atoms with E-state index in [1.54, 1.807) is 0 Å². The van der Waals surface area contributed by atoms with E-state index in [1.807, 2.05) is 0 Å². The van der Waals surface area contributed by atoms with Gasteiger partial charge in [0.1, 0.15) is 36.5 Å². The van der Waals surface area contributed by atoms with Crippen molar-refractivity contribution < 1.29 is 262 Å². The lowest BCUT2D eigenvalue weighted by molar-refractivity contribution is -0.339. The summed E-state index contributed by atoms with van der Waals surface area (Å²) in [7, 11) is 0. The molecule has 27 N–H and O–H groups in total. The molecule has 0 aromatic heterocycles. The van der Waals surface area contributed by atoms with E-state index < -0.39 is 397 Å². The molecule has 12 atom stereocenters. The number of fused-ring (bicyclic) bond motifs is 8. The number of aliphatic hydroxyl groups is 3. The Kier molecular flexibility index (Phi) is 21.5. The molecular formula is C82H56O53. The summed E-state index contributed by atoms with van der Waals surface area (Å²) in [5.41, 5.74) is -17.7. The molecule has 53 nitrogen and oxygen atoms in total. The molecule has 6 aliphatic heterocycles. The van der Waals surface area contributed by atoms with Crippen LogP contribution in [0.4, 0.5) is 0 Å². The quantitative estimate of drug-likeness (QED) is 0.0420. The van der Waals surface area contributed by atoms with Crippen molar-refractivity contribution in [2.24, 2.45) is 0 Å². The van der Waals surface area contributed by atoms with Crippen molar-refractivity contribution in [3.05, 3.63) is 146 Å². The number of phenols is 24. The van der Waals surface area contributed by atoms with E-state index in [-0.39, 0.29) is 36.4 Å². The number of ether oxygens (including phenoxy) is 15. The van der Waals surface area contributed by atoms with Gasteiger partial charge in [0.2, 0.25) is 70.8 Å². The smallest absolute Gasteiger partial charge is 0.344 e. The molecule has 2 saturated heterocycles. The van der Waals surface area contributed by atoms with Gasteiger partial charge in [0.25, 0.3) is 5.79 Å². The fraction of sp³-hybridized carbons (Fsp3) is 0.183. The minimum Gasteiger partial charge on any atom is -0.504 e. The van der Waals surface area contributed by atoms with Crippen LogP contribution < -0.4 is 14.2 Å². The number of rotatable bonds is 9. The van der Waals surface area contributed by atoms with E-state index in [4.69, 9.17) is 71.1 Å². The third-order valence-electron chi connectivity index (χ3n) is 21.6. The molecule has 0 unspecified atom stereocenters. The molecule has 53 heteroatoms. The maximum absolute atomic E-state index is 15.9. The molecule has 0 spiro atoms. The fourth-order valence-corrected chi connectivity index (χ4v) is 15.0. The first-order chi connectivity index (χ1) is 63.5. The number of phenolic OH excluding ortho intramolecular Hbond substituents is 24. The maximum Gasteiger partial charge on any atom is 0.344 e. The van der Waals surface area contributed by atoms with Crippen molar-refractivity contribution in [2.45, 2.75) is 78.9 Å². The second kappa shape index (κ2) is 32.3. The second-order valence-electron chi connectivity index (χ2n) is 29.8. The fourth-order valence-electron chi connectivity index (χ4n) is 15.0. The standard InChI is InChI=1S/C82H56O53/c83-27-1-17(2-28(84)47(27)96)69(108)121-15-40-62(127-70(109)18-3-29(85)48(97)30(86)4-18)65(129-71(110)19-5-31(87)49(98)32(88)6-19)67-80(125-40)134-78(117)26-12-37(93)53(102)58(107)60(26)126-61-39(123-59-25(77(116)132-67)11-36(92)52(101)57(59)106)13-23-44(56(61)105)43-21(9-35(91)51(100)55(43)104)74(113)130-66-63-41(16-122-73(23)112)124-79(133-72(111)20-7-33(89)50(99)34(90)8-20)68(66)131-75(114)22-10-38(94)54(103)64-45(22)46-24(76(115)128-63)14-42(95)82(120,135-64)81(46,118)119/h1-14,40-41,46,62-63,65-68,79-80,83-94,96-107,118-120H,15-16H2/t40-,41-,46+,62-,63-,65+,66+,67-,68-,79+,80+,82+/m1/s1. The summed E-state index contributed by atoms with van der Waals surface area (Å²) in [6.45, 7) is -3.37. The highest BCUT2D eigenvalue weighted by Crippen LogP contribution is 2.62. The van der Waals surface area contributed by atoms with Crippen LogP contribution in [-0.2, 0) is 66.4 Å². The van der Waals surface area contributed by atoms with Crippen LogP contribution in [-0.4, -0.2) is 290 Å². The highest BCUT2D eigenvalue weighted by atomic mass is 16.8. The molecule has 9 aromatic carbocycles. The Labute approximate surface area is 740 Å². The van der Waals surface area contributed by atoms with Crippen LogP contribution in [0, 0.1) is 0 Å². The van der Waals surface area contributed by atoms with Crippen LogP contribution >= 0.6 is 0 Å². The molecular weight excluding hydrogens is 1830 g/mol. The van der Waals surface area contributed by atoms with E-state index in [1.165, 1.54) is 0 Å². The van der Waals surface area contributed by atoms with Gasteiger partial charge >= 0.3 is 65.5 Å². The van der Waals surface area contributed by atoms with Crippen molar-refractivity contribution in [3.63, 3.8) is 0 Å². The number of aromatic hydroxyl groups is 24. The van der Waals surface area contributed by atoms with Gasteiger partial charge in [-0.25, -0.2) is 47.9 Å². The summed E-state index contributed by atoms with van der Waals surface area (Å²) in [6.07, 6.45) is -29.0. The van der Waals surface area contributed by atoms with Crippen molar-refractivity contribution in [2.75, 3.05) is 13.2 Å². The lowest BCUT2D eigenvalue weighted by Crippen LogP contribution is -2.70. The van der Waals surface area contributed by atoms with E-state index in [0.717, 1.165) is 0 Å². The first-order valence-corrected chi connectivity index (χ1v) is 37.6. The van der Waals surface area contributed by atoms with Crippen LogP contribution in [0.2, 0.25) is 0 Å². The summed E-state index contributed by atoms with van der Waals surface area (Å²) in [6, 6.07) is 3.94. The van der Waals surface area contributed by atoms with Gasteiger partial charge in [-0.2, -0.15) is 0 Å². The van der Waals surface area contributed by atoms with Crippen molar-refractivity contribution in [1.82, 2.24) is 0 Å². The van der Waals surface area contributed by atoms with E-state index >= 15 is 28.8 Å². The monoisotopic (exact) mass is 1890 g/mol. The topological polar surface area (TPSA) is 872 Å². The lowest BCUT2D eigenvalue weighted by atomic mass is 9.70. The number of hydrogen-bond donors (Lipinski definition) is 27. The Balaban J connectivity index is 0.895. The largest absolute Gasteiger partial charge is 0.504 e. The zero-order chi connectivity index (χ0) is 97.9. The summed E-state index contributed by atoms with van der Waals surface area (Å²) in [5, 5.41) is 301. The van der Waals surface area contributed by atoms with Gasteiger partial charge in [-0.3, -0.25) is 4.79 Å². The summed E-state index contributed by atoms with van der Waals surface area (Å²) in [5.74, 6) is -78.7. The molecule has 6 bridgehead atoms. The third-order valence-corrected chi connectivity index (χ3v) is 21.6. The zero-order valence-corrected chi connectivity index (χ0v) is 66.0. The Bertz CT molecular complexity index is 6730. The first-order valence-electron chi connectivity index (χ1n) is 37.6. The van der Waals surface area contributed by atoms with Gasteiger partial charge in [0.05, 0.1) is 50.4 Å². The van der Waals surface area contributed by atoms with Crippen molar-refractivity contribution in [3.8, 4) is 178 Å². The minimum atomic E-state index is -4.23. The molecule has 0 radical (unpaired) electrons. The Morgan fingerprint density at radius 1 is 0.348 bits per heavy atom. The van der Waals surface area contributed by atoms with E-state index in [2.05, 4.69) is 0 Å². The maximum atomic E-state index is 15.9. The number of cyclic esters (lactones) is 1. The molecule has 702 valence electrons. The third kappa shape index (κ3) is 14.8. The molecule has 1 aliphatic carbocycles. The minimum absolute atomic E-state index is 0.0791. The molecule has 16 rings (SSSR count). The summed E-state index contributed by atoms with van der Waals surface area (Å²) < 4.78 is 86.6. The average Bonchev–Trinajstić information content (AvgIpc) is 1.42. The molecule has 9 aromatic rings. The van der Waals surface area contributed by atoms with Gasteiger partial charge < -0.3 is 209 Å². The number of carbonyl (C=O) groups is 11. The number of ketones is 1. The van der Waals surface area contributed by atoms with Crippen LogP contribution in [0.15, 0.2) is 90.5 Å². The van der Waals surface area contributed by atoms with Crippen LogP contribution in [0.1, 0.15) is 105 Å². The lowest BCUT2D eigenvalue weighted by Gasteiger charge is -2.49. The highest BCUT2D eigenvalue weighted by Gasteiger charge is 2.71. The normalized spacial score (nSPS) is 22.5. The molecule has 0 saturated carbocycles. The number of benzene rings is 9.